The highest BCUT2D eigenvalue weighted by atomic mass is 32.1. The maximum absolute atomic E-state index is 12.6. The summed E-state index contributed by atoms with van der Waals surface area (Å²) in [5.74, 6) is 0.306. The minimum Gasteiger partial charge on any atom is -0.496 e. The van der Waals surface area contributed by atoms with Gasteiger partial charge in [0.15, 0.2) is 0 Å². The van der Waals surface area contributed by atoms with Gasteiger partial charge in [0, 0.05) is 24.5 Å². The van der Waals surface area contributed by atoms with E-state index in [0.29, 0.717) is 31.6 Å². The fourth-order valence-corrected chi connectivity index (χ4v) is 4.59. The highest BCUT2D eigenvalue weighted by Gasteiger charge is 2.27. The molecule has 1 saturated heterocycles. The molecule has 0 N–H and O–H groups in total. The minimum absolute atomic E-state index is 0.0305. The van der Waals surface area contributed by atoms with Crippen molar-refractivity contribution >= 4 is 29.3 Å². The van der Waals surface area contributed by atoms with Gasteiger partial charge in [0.25, 0.3) is 0 Å². The van der Waals surface area contributed by atoms with Crippen LogP contribution in [0.4, 0.5) is 0 Å². The Morgan fingerprint density at radius 1 is 1.09 bits per heavy atom. The van der Waals surface area contributed by atoms with Crippen molar-refractivity contribution in [2.24, 2.45) is 5.92 Å². The summed E-state index contributed by atoms with van der Waals surface area (Å²) >= 11 is 1.49. The third-order valence-corrected chi connectivity index (χ3v) is 6.53. The predicted octanol–water partition coefficient (Wildman–Crippen LogP) is 4.81. The maximum Gasteiger partial charge on any atom is 0.309 e. The van der Waals surface area contributed by atoms with E-state index in [-0.39, 0.29) is 24.4 Å². The highest BCUT2D eigenvalue weighted by molar-refractivity contribution is 7.13. The Labute approximate surface area is 197 Å². The molecule has 0 aliphatic carbocycles. The third kappa shape index (κ3) is 5.87. The Kier molecular flexibility index (Phi) is 7.52. The molecule has 0 spiro atoms. The fraction of sp³-hybridized carbons (Fsp3) is 0.269. The molecule has 0 saturated carbocycles. The number of benzene rings is 2. The van der Waals surface area contributed by atoms with Crippen LogP contribution < -0.4 is 4.74 Å². The lowest BCUT2D eigenvalue weighted by molar-refractivity contribution is -0.152. The largest absolute Gasteiger partial charge is 0.496 e. The van der Waals surface area contributed by atoms with E-state index in [2.05, 4.69) is 4.98 Å². The van der Waals surface area contributed by atoms with Crippen LogP contribution in [-0.4, -0.2) is 42.0 Å². The van der Waals surface area contributed by atoms with E-state index < -0.39 is 0 Å². The number of thiazole rings is 1. The molecule has 0 atom stereocenters. The van der Waals surface area contributed by atoms with Gasteiger partial charge >= 0.3 is 5.97 Å². The molecule has 2 heterocycles. The van der Waals surface area contributed by atoms with E-state index in [0.717, 1.165) is 21.9 Å². The summed E-state index contributed by atoms with van der Waals surface area (Å²) in [7, 11) is 1.63. The summed E-state index contributed by atoms with van der Waals surface area (Å²) in [4.78, 5) is 31.4. The summed E-state index contributed by atoms with van der Waals surface area (Å²) in [5, 5.41) is 2.73. The molecular weight excluding hydrogens is 436 g/mol. The highest BCUT2D eigenvalue weighted by Crippen LogP contribution is 2.32. The zero-order chi connectivity index (χ0) is 23.0. The van der Waals surface area contributed by atoms with Crippen molar-refractivity contribution in [1.82, 2.24) is 9.88 Å². The SMILES string of the molecule is COc1ccccc1-c1nc(COC(=O)C2CCN(C(=O)C=Cc3ccccc3)CC2)cs1. The summed E-state index contributed by atoms with van der Waals surface area (Å²) in [6.07, 6.45) is 4.62. The number of methoxy groups -OCH3 is 1. The van der Waals surface area contributed by atoms with Gasteiger partial charge in [-0.25, -0.2) is 4.98 Å². The number of carbonyl (C=O) groups is 2. The Morgan fingerprint density at radius 3 is 2.58 bits per heavy atom. The quantitative estimate of drug-likeness (QED) is 0.372. The van der Waals surface area contributed by atoms with E-state index in [1.807, 2.05) is 66.1 Å². The van der Waals surface area contributed by atoms with Crippen LogP contribution in [0.1, 0.15) is 24.1 Å². The van der Waals surface area contributed by atoms with Crippen LogP contribution in [-0.2, 0) is 20.9 Å². The first-order chi connectivity index (χ1) is 16.1. The second-order valence-corrected chi connectivity index (χ2v) is 8.65. The molecule has 4 rings (SSSR count). The molecule has 0 bridgehead atoms. The van der Waals surface area contributed by atoms with Gasteiger partial charge in [-0.2, -0.15) is 0 Å². The van der Waals surface area contributed by atoms with Crippen molar-refractivity contribution in [3.05, 3.63) is 77.3 Å². The molecule has 1 fully saturated rings. The topological polar surface area (TPSA) is 68.7 Å². The monoisotopic (exact) mass is 462 g/mol. The summed E-state index contributed by atoms with van der Waals surface area (Å²) in [5.41, 5.74) is 2.62. The van der Waals surface area contributed by atoms with Gasteiger partial charge in [0.2, 0.25) is 5.91 Å². The number of para-hydroxylation sites is 1. The summed E-state index contributed by atoms with van der Waals surface area (Å²) in [6.45, 7) is 1.24. The smallest absolute Gasteiger partial charge is 0.309 e. The summed E-state index contributed by atoms with van der Waals surface area (Å²) < 4.78 is 10.9. The van der Waals surface area contributed by atoms with Gasteiger partial charge in [-0.05, 0) is 36.6 Å². The van der Waals surface area contributed by atoms with Crippen molar-refractivity contribution in [2.75, 3.05) is 20.2 Å². The van der Waals surface area contributed by atoms with Crippen molar-refractivity contribution in [1.29, 1.82) is 0 Å². The molecule has 1 aliphatic heterocycles. The average Bonchev–Trinajstić information content (AvgIpc) is 3.35. The molecule has 2 aromatic carbocycles. The van der Waals surface area contributed by atoms with Crippen LogP contribution in [0.25, 0.3) is 16.6 Å². The van der Waals surface area contributed by atoms with E-state index >= 15 is 0 Å². The number of ether oxygens (including phenoxy) is 2. The molecule has 170 valence electrons. The molecule has 0 unspecified atom stereocenters. The first kappa shape index (κ1) is 22.7. The van der Waals surface area contributed by atoms with Crippen LogP contribution in [0.2, 0.25) is 0 Å². The van der Waals surface area contributed by atoms with Gasteiger partial charge in [-0.3, -0.25) is 9.59 Å². The first-order valence-electron chi connectivity index (χ1n) is 10.9. The number of likely N-dealkylation sites (tertiary alicyclic amines) is 1. The number of nitrogens with zero attached hydrogens (tertiary/aromatic N) is 2. The number of amides is 1. The summed E-state index contributed by atoms with van der Waals surface area (Å²) in [6, 6.07) is 17.4. The Hall–Kier alpha value is -3.45. The van der Waals surface area contributed by atoms with E-state index in [9.17, 15) is 9.59 Å². The molecule has 1 aliphatic rings. The van der Waals surface area contributed by atoms with Crippen LogP contribution in [0, 0.1) is 5.92 Å². The van der Waals surface area contributed by atoms with Crippen molar-refractivity contribution < 1.29 is 19.1 Å². The lowest BCUT2D eigenvalue weighted by atomic mass is 9.97. The second-order valence-electron chi connectivity index (χ2n) is 7.80. The number of hydrogen-bond acceptors (Lipinski definition) is 6. The average molecular weight is 463 g/mol. The van der Waals surface area contributed by atoms with Gasteiger partial charge in [0.05, 0.1) is 24.3 Å². The number of esters is 1. The van der Waals surface area contributed by atoms with Crippen molar-refractivity contribution in [3.63, 3.8) is 0 Å². The molecular formula is C26H26N2O4S. The lowest BCUT2D eigenvalue weighted by Gasteiger charge is -2.30. The van der Waals surface area contributed by atoms with Crippen LogP contribution in [0.15, 0.2) is 66.1 Å². The fourth-order valence-electron chi connectivity index (χ4n) is 3.75. The number of aromatic nitrogens is 1. The molecule has 1 amide bonds. The molecule has 3 aromatic rings. The van der Waals surface area contributed by atoms with E-state index in [4.69, 9.17) is 9.47 Å². The minimum atomic E-state index is -0.228. The molecule has 6 nitrogen and oxygen atoms in total. The van der Waals surface area contributed by atoms with Gasteiger partial charge in [0.1, 0.15) is 17.4 Å². The van der Waals surface area contributed by atoms with E-state index in [1.54, 1.807) is 18.1 Å². The van der Waals surface area contributed by atoms with Gasteiger partial charge in [-0.1, -0.05) is 42.5 Å². The van der Waals surface area contributed by atoms with E-state index in [1.165, 1.54) is 11.3 Å². The number of hydrogen-bond donors (Lipinski definition) is 0. The standard InChI is InChI=1S/C26H26N2O4S/c1-31-23-10-6-5-9-22(23)25-27-21(18-33-25)17-32-26(30)20-13-15-28(16-14-20)24(29)12-11-19-7-3-2-4-8-19/h2-12,18,20H,13-17H2,1H3. The predicted molar refractivity (Wildman–Crippen MR) is 129 cm³/mol. The first-order valence-corrected chi connectivity index (χ1v) is 11.8. The molecule has 33 heavy (non-hydrogen) atoms. The Morgan fingerprint density at radius 2 is 1.82 bits per heavy atom. The van der Waals surface area contributed by atoms with Crippen molar-refractivity contribution in [3.8, 4) is 16.3 Å². The number of carbonyl (C=O) groups excluding carboxylic acids is 2. The molecule has 0 radical (unpaired) electrons. The zero-order valence-corrected chi connectivity index (χ0v) is 19.3. The zero-order valence-electron chi connectivity index (χ0n) is 18.5. The maximum atomic E-state index is 12.6. The van der Waals surface area contributed by atoms with Gasteiger partial charge in [-0.15, -0.1) is 11.3 Å². The second kappa shape index (κ2) is 10.9. The number of piperidine rings is 1. The molecule has 7 heteroatoms. The lowest BCUT2D eigenvalue weighted by Crippen LogP contribution is -2.39. The Bertz CT molecular complexity index is 1120. The van der Waals surface area contributed by atoms with Gasteiger partial charge < -0.3 is 14.4 Å². The van der Waals surface area contributed by atoms with Crippen LogP contribution in [0.5, 0.6) is 5.75 Å². The van der Waals surface area contributed by atoms with Crippen molar-refractivity contribution in [2.45, 2.75) is 19.4 Å². The molecule has 1 aromatic heterocycles. The van der Waals surface area contributed by atoms with Crippen LogP contribution >= 0.6 is 11.3 Å². The van der Waals surface area contributed by atoms with Crippen LogP contribution in [0.3, 0.4) is 0 Å². The Balaban J connectivity index is 1.25. The third-order valence-electron chi connectivity index (χ3n) is 5.61. The normalized spacial score (nSPS) is 14.4. The number of rotatable bonds is 7.